The molecule has 4 heteroatoms. The molecule has 0 unspecified atom stereocenters. The summed E-state index contributed by atoms with van der Waals surface area (Å²) in [5.74, 6) is 0.0603. The fourth-order valence-corrected chi connectivity index (χ4v) is 1.74. The number of carbonyl (C=O) groups excluding carboxylic acids is 1. The topological polar surface area (TPSA) is 58.7 Å². The van der Waals surface area contributed by atoms with Gasteiger partial charge in [-0.2, -0.15) is 5.10 Å². The SMILES string of the molecule is NCCN1N=C(c2ccccc2)CCC1=O. The Morgan fingerprint density at radius 1 is 1.25 bits per heavy atom. The zero-order valence-electron chi connectivity index (χ0n) is 9.10. The van der Waals surface area contributed by atoms with Crippen LogP contribution in [0.15, 0.2) is 35.4 Å². The third-order valence-corrected chi connectivity index (χ3v) is 2.55. The smallest absolute Gasteiger partial charge is 0.243 e. The van der Waals surface area contributed by atoms with Crippen molar-refractivity contribution in [1.29, 1.82) is 0 Å². The Morgan fingerprint density at radius 2 is 2.00 bits per heavy atom. The van der Waals surface area contributed by atoms with Gasteiger partial charge in [0.05, 0.1) is 12.3 Å². The van der Waals surface area contributed by atoms with Crippen molar-refractivity contribution < 1.29 is 4.79 Å². The summed E-state index contributed by atoms with van der Waals surface area (Å²) in [4.78, 5) is 11.5. The van der Waals surface area contributed by atoms with E-state index in [0.717, 1.165) is 11.3 Å². The summed E-state index contributed by atoms with van der Waals surface area (Å²) in [5, 5.41) is 5.82. The highest BCUT2D eigenvalue weighted by Crippen LogP contribution is 2.14. The molecule has 1 heterocycles. The van der Waals surface area contributed by atoms with Gasteiger partial charge in [0.25, 0.3) is 0 Å². The Morgan fingerprint density at radius 3 is 2.69 bits per heavy atom. The van der Waals surface area contributed by atoms with Crippen molar-refractivity contribution in [3.63, 3.8) is 0 Å². The highest BCUT2D eigenvalue weighted by molar-refractivity contribution is 6.04. The largest absolute Gasteiger partial charge is 0.329 e. The zero-order valence-corrected chi connectivity index (χ0v) is 9.10. The molecule has 1 aliphatic rings. The fourth-order valence-electron chi connectivity index (χ4n) is 1.74. The molecule has 0 saturated heterocycles. The Hall–Kier alpha value is -1.68. The molecule has 16 heavy (non-hydrogen) atoms. The average Bonchev–Trinajstić information content (AvgIpc) is 2.33. The molecule has 4 nitrogen and oxygen atoms in total. The standard InChI is InChI=1S/C12H15N3O/c13-8-9-15-12(16)7-6-11(14-15)10-4-2-1-3-5-10/h1-5H,6-9,13H2. The molecule has 0 atom stereocenters. The maximum absolute atomic E-state index is 11.5. The number of nitrogens with two attached hydrogens (primary N) is 1. The number of carbonyl (C=O) groups is 1. The van der Waals surface area contributed by atoms with Gasteiger partial charge in [0.2, 0.25) is 5.91 Å². The number of benzene rings is 1. The minimum atomic E-state index is 0.0603. The normalized spacial score (nSPS) is 16.2. The van der Waals surface area contributed by atoms with Gasteiger partial charge in [0, 0.05) is 19.4 Å². The summed E-state index contributed by atoms with van der Waals surface area (Å²) in [6.07, 6.45) is 1.23. The zero-order chi connectivity index (χ0) is 11.4. The van der Waals surface area contributed by atoms with Crippen LogP contribution in [0.2, 0.25) is 0 Å². The first-order valence-electron chi connectivity index (χ1n) is 5.44. The Balaban J connectivity index is 2.22. The van der Waals surface area contributed by atoms with Crippen LogP contribution in [0, 0.1) is 0 Å². The Bertz CT molecular complexity index is 400. The second-order valence-corrected chi connectivity index (χ2v) is 3.72. The molecule has 1 amide bonds. The fraction of sp³-hybridized carbons (Fsp3) is 0.333. The second kappa shape index (κ2) is 4.90. The molecule has 0 spiro atoms. The van der Waals surface area contributed by atoms with E-state index >= 15 is 0 Å². The lowest BCUT2D eigenvalue weighted by Crippen LogP contribution is -2.35. The summed E-state index contributed by atoms with van der Waals surface area (Å²) in [5.41, 5.74) is 7.49. The van der Waals surface area contributed by atoms with Gasteiger partial charge in [0.15, 0.2) is 0 Å². The molecule has 0 fully saturated rings. The van der Waals surface area contributed by atoms with E-state index in [-0.39, 0.29) is 5.91 Å². The van der Waals surface area contributed by atoms with E-state index in [1.165, 1.54) is 5.01 Å². The van der Waals surface area contributed by atoms with Crippen molar-refractivity contribution in [2.45, 2.75) is 12.8 Å². The molecule has 0 saturated carbocycles. The van der Waals surface area contributed by atoms with Crippen LogP contribution in [0.5, 0.6) is 0 Å². The summed E-state index contributed by atoms with van der Waals surface area (Å²) < 4.78 is 0. The van der Waals surface area contributed by atoms with Crippen LogP contribution in [0.25, 0.3) is 0 Å². The second-order valence-electron chi connectivity index (χ2n) is 3.72. The van der Waals surface area contributed by atoms with E-state index in [0.29, 0.717) is 25.9 Å². The molecule has 1 aromatic rings. The number of nitrogens with zero attached hydrogens (tertiary/aromatic N) is 2. The van der Waals surface area contributed by atoms with E-state index in [9.17, 15) is 4.79 Å². The molecule has 84 valence electrons. The van der Waals surface area contributed by atoms with Gasteiger partial charge >= 0.3 is 0 Å². The maximum atomic E-state index is 11.5. The van der Waals surface area contributed by atoms with Crippen molar-refractivity contribution in [2.75, 3.05) is 13.1 Å². The van der Waals surface area contributed by atoms with Crippen LogP contribution in [0.4, 0.5) is 0 Å². The van der Waals surface area contributed by atoms with Gasteiger partial charge in [-0.15, -0.1) is 0 Å². The Labute approximate surface area is 94.7 Å². The highest BCUT2D eigenvalue weighted by atomic mass is 16.2. The molecule has 2 N–H and O–H groups in total. The molecule has 2 rings (SSSR count). The number of rotatable bonds is 3. The van der Waals surface area contributed by atoms with Crippen LogP contribution < -0.4 is 5.73 Å². The van der Waals surface area contributed by atoms with Crippen molar-refractivity contribution in [3.05, 3.63) is 35.9 Å². The molecule has 0 bridgehead atoms. The summed E-state index contributed by atoms with van der Waals surface area (Å²) >= 11 is 0. The Kier molecular flexibility index (Phi) is 3.31. The van der Waals surface area contributed by atoms with E-state index in [1.54, 1.807) is 0 Å². The minimum absolute atomic E-state index is 0.0603. The van der Waals surface area contributed by atoms with Crippen molar-refractivity contribution in [2.24, 2.45) is 10.8 Å². The predicted molar refractivity (Wildman–Crippen MR) is 63.0 cm³/mol. The monoisotopic (exact) mass is 217 g/mol. The summed E-state index contributed by atoms with van der Waals surface area (Å²) in [6, 6.07) is 9.93. The van der Waals surface area contributed by atoms with E-state index in [4.69, 9.17) is 5.73 Å². The average molecular weight is 217 g/mol. The van der Waals surface area contributed by atoms with Gasteiger partial charge in [-0.25, -0.2) is 5.01 Å². The lowest BCUT2D eigenvalue weighted by atomic mass is 10.0. The molecular formula is C12H15N3O. The maximum Gasteiger partial charge on any atom is 0.243 e. The minimum Gasteiger partial charge on any atom is -0.329 e. The molecule has 0 radical (unpaired) electrons. The predicted octanol–water partition coefficient (Wildman–Crippen LogP) is 0.972. The van der Waals surface area contributed by atoms with Crippen LogP contribution in [0.3, 0.4) is 0 Å². The summed E-state index contributed by atoms with van der Waals surface area (Å²) in [7, 11) is 0. The van der Waals surface area contributed by atoms with Gasteiger partial charge < -0.3 is 5.73 Å². The van der Waals surface area contributed by atoms with Crippen LogP contribution >= 0.6 is 0 Å². The highest BCUT2D eigenvalue weighted by Gasteiger charge is 2.20. The number of hydrogen-bond acceptors (Lipinski definition) is 3. The van der Waals surface area contributed by atoms with Crippen molar-refractivity contribution >= 4 is 11.6 Å². The quantitative estimate of drug-likeness (QED) is 0.820. The lowest BCUT2D eigenvalue weighted by molar-refractivity contribution is -0.131. The molecular weight excluding hydrogens is 202 g/mol. The van der Waals surface area contributed by atoms with Gasteiger partial charge in [-0.3, -0.25) is 4.79 Å². The molecule has 0 aromatic heterocycles. The molecule has 1 aromatic carbocycles. The van der Waals surface area contributed by atoms with E-state index in [1.807, 2.05) is 30.3 Å². The number of hydrazone groups is 1. The first-order chi connectivity index (χ1) is 7.81. The third kappa shape index (κ3) is 2.28. The lowest BCUT2D eigenvalue weighted by Gasteiger charge is -2.23. The van der Waals surface area contributed by atoms with Crippen LogP contribution in [-0.2, 0) is 4.79 Å². The molecule has 1 aliphatic heterocycles. The first-order valence-corrected chi connectivity index (χ1v) is 5.44. The van der Waals surface area contributed by atoms with Crippen molar-refractivity contribution in [1.82, 2.24) is 5.01 Å². The third-order valence-electron chi connectivity index (χ3n) is 2.55. The first kappa shape index (κ1) is 10.8. The van der Waals surface area contributed by atoms with Gasteiger partial charge in [0.1, 0.15) is 0 Å². The van der Waals surface area contributed by atoms with E-state index < -0.39 is 0 Å². The van der Waals surface area contributed by atoms with Crippen molar-refractivity contribution in [3.8, 4) is 0 Å². The number of amides is 1. The van der Waals surface area contributed by atoms with E-state index in [2.05, 4.69) is 5.10 Å². The van der Waals surface area contributed by atoms with Gasteiger partial charge in [-0.1, -0.05) is 30.3 Å². The molecule has 0 aliphatic carbocycles. The van der Waals surface area contributed by atoms with Gasteiger partial charge in [-0.05, 0) is 5.56 Å². The number of hydrogen-bond donors (Lipinski definition) is 1. The van der Waals surface area contributed by atoms with Crippen LogP contribution in [0.1, 0.15) is 18.4 Å². The van der Waals surface area contributed by atoms with Crippen LogP contribution in [-0.4, -0.2) is 29.7 Å². The summed E-state index contributed by atoms with van der Waals surface area (Å²) in [6.45, 7) is 0.937.